The first-order valence-corrected chi connectivity index (χ1v) is 16.2. The van der Waals surface area contributed by atoms with Crippen LogP contribution in [0.3, 0.4) is 0 Å². The highest BCUT2D eigenvalue weighted by atomic mass is 16.3. The summed E-state index contributed by atoms with van der Waals surface area (Å²) in [6.07, 6.45) is 8.10. The van der Waals surface area contributed by atoms with Crippen LogP contribution in [0.1, 0.15) is 106 Å². The standard InChI is InChI=1S/C34H52N2O4/c1-20(2)27-22(37)18-34(29(40)36-17-16-35-26(39)19-36)15-14-32(6)21(28(27)34)8-9-24-31(5)12-11-25(38)30(3,4)23(31)10-13-33(24,32)7/h20-21,23-25,38H,8-19H2,1-7H3,(H,35,39)/t21?,23?,24?,25-,31-,32+,33+,34+/m0/s1. The number of fused-ring (bicyclic) bond motifs is 7. The normalized spacial score (nSPS) is 46.4. The highest BCUT2D eigenvalue weighted by Crippen LogP contribution is 2.76. The molecule has 0 bridgehead atoms. The Labute approximate surface area is 241 Å². The largest absolute Gasteiger partial charge is 0.393 e. The highest BCUT2D eigenvalue weighted by Gasteiger charge is 2.71. The lowest BCUT2D eigenvalue weighted by Crippen LogP contribution is -2.66. The summed E-state index contributed by atoms with van der Waals surface area (Å²) in [4.78, 5) is 42.2. The molecule has 5 fully saturated rings. The molecular weight excluding hydrogens is 500 g/mol. The molecule has 222 valence electrons. The van der Waals surface area contributed by atoms with E-state index in [1.54, 1.807) is 4.90 Å². The summed E-state index contributed by atoms with van der Waals surface area (Å²) in [6.45, 7) is 17.5. The van der Waals surface area contributed by atoms with Crippen molar-refractivity contribution in [3.05, 3.63) is 11.1 Å². The molecule has 6 nitrogen and oxygen atoms in total. The minimum atomic E-state index is -0.778. The minimum absolute atomic E-state index is 0.00719. The minimum Gasteiger partial charge on any atom is -0.393 e. The first-order valence-electron chi connectivity index (χ1n) is 16.2. The second-order valence-corrected chi connectivity index (χ2v) is 16.2. The van der Waals surface area contributed by atoms with Gasteiger partial charge in [0.1, 0.15) is 0 Å². The number of ketones is 1. The Bertz CT molecular complexity index is 1170. The maximum Gasteiger partial charge on any atom is 0.239 e. The number of nitrogens with one attached hydrogen (secondary N) is 1. The predicted octanol–water partition coefficient (Wildman–Crippen LogP) is 5.29. The monoisotopic (exact) mass is 552 g/mol. The van der Waals surface area contributed by atoms with E-state index in [1.165, 1.54) is 5.57 Å². The Hall–Kier alpha value is -1.69. The van der Waals surface area contributed by atoms with E-state index in [1.807, 2.05) is 0 Å². The van der Waals surface area contributed by atoms with Gasteiger partial charge in [-0.15, -0.1) is 0 Å². The molecule has 3 unspecified atom stereocenters. The van der Waals surface area contributed by atoms with Gasteiger partial charge in [0.2, 0.25) is 11.8 Å². The van der Waals surface area contributed by atoms with Gasteiger partial charge in [0.15, 0.2) is 5.78 Å². The van der Waals surface area contributed by atoms with E-state index in [4.69, 9.17) is 0 Å². The van der Waals surface area contributed by atoms with Crippen molar-refractivity contribution < 1.29 is 19.5 Å². The van der Waals surface area contributed by atoms with Gasteiger partial charge >= 0.3 is 0 Å². The molecule has 0 aromatic carbocycles. The van der Waals surface area contributed by atoms with Crippen LogP contribution in [0.4, 0.5) is 0 Å². The number of Topliss-reactive ketones (excluding diaryl/α,β-unsaturated/α-hetero) is 1. The van der Waals surface area contributed by atoms with Crippen LogP contribution in [0.2, 0.25) is 0 Å². The molecule has 1 aliphatic heterocycles. The number of carbonyl (C=O) groups is 3. The van der Waals surface area contributed by atoms with Gasteiger partial charge in [-0.25, -0.2) is 0 Å². The lowest BCUT2D eigenvalue weighted by atomic mass is 9.33. The summed E-state index contributed by atoms with van der Waals surface area (Å²) in [5, 5.41) is 13.9. The van der Waals surface area contributed by atoms with E-state index >= 15 is 0 Å². The number of allylic oxidation sites excluding steroid dienone is 1. The smallest absolute Gasteiger partial charge is 0.239 e. The Morgan fingerprint density at radius 2 is 1.65 bits per heavy atom. The van der Waals surface area contributed by atoms with Crippen molar-refractivity contribution in [1.29, 1.82) is 0 Å². The van der Waals surface area contributed by atoms with Crippen molar-refractivity contribution >= 4 is 17.6 Å². The molecule has 1 saturated heterocycles. The SMILES string of the molecule is CC(C)C1=C2C3CCC4[C@@]5(C)CC[C@H](O)C(C)(C)C5CC[C@@]4(C)[C@]3(C)CC[C@@]2(C(=O)N2CCNC(=O)C2)CC1=O. The maximum absolute atomic E-state index is 14.4. The van der Waals surface area contributed by atoms with Gasteiger partial charge in [0.05, 0.1) is 18.1 Å². The Morgan fingerprint density at radius 3 is 2.33 bits per heavy atom. The van der Waals surface area contributed by atoms with Gasteiger partial charge < -0.3 is 15.3 Å². The van der Waals surface area contributed by atoms with Crippen LogP contribution in [0, 0.1) is 50.7 Å². The van der Waals surface area contributed by atoms with Gasteiger partial charge in [-0.05, 0) is 108 Å². The summed E-state index contributed by atoms with van der Waals surface area (Å²) < 4.78 is 0. The number of aliphatic hydroxyl groups is 1. The fourth-order valence-corrected chi connectivity index (χ4v) is 12.0. The van der Waals surface area contributed by atoms with Crippen molar-refractivity contribution in [2.75, 3.05) is 19.6 Å². The highest BCUT2D eigenvalue weighted by molar-refractivity contribution is 6.07. The van der Waals surface area contributed by atoms with E-state index in [0.29, 0.717) is 31.3 Å². The zero-order chi connectivity index (χ0) is 29.0. The third kappa shape index (κ3) is 3.46. The fraction of sp³-hybridized carbons (Fsp3) is 0.853. The van der Waals surface area contributed by atoms with Gasteiger partial charge in [0.25, 0.3) is 0 Å². The lowest BCUT2D eigenvalue weighted by molar-refractivity contribution is -0.228. The number of carbonyl (C=O) groups excluding carboxylic acids is 3. The maximum atomic E-state index is 14.4. The Balaban J connectivity index is 1.43. The first kappa shape index (κ1) is 28.4. The average molecular weight is 553 g/mol. The van der Waals surface area contributed by atoms with Gasteiger partial charge in [-0.1, -0.05) is 48.5 Å². The number of aliphatic hydroxyl groups excluding tert-OH is 1. The molecule has 40 heavy (non-hydrogen) atoms. The second kappa shape index (κ2) is 8.91. The molecule has 6 heteroatoms. The third-order valence-electron chi connectivity index (χ3n) is 14.1. The zero-order valence-corrected chi connectivity index (χ0v) is 26.0. The molecule has 5 aliphatic carbocycles. The molecule has 8 atom stereocenters. The molecule has 4 saturated carbocycles. The Morgan fingerprint density at radius 1 is 0.925 bits per heavy atom. The molecule has 6 aliphatic rings. The first-order chi connectivity index (χ1) is 18.6. The summed E-state index contributed by atoms with van der Waals surface area (Å²) in [7, 11) is 0. The van der Waals surface area contributed by atoms with E-state index in [0.717, 1.165) is 50.5 Å². The van der Waals surface area contributed by atoms with Crippen LogP contribution in [-0.4, -0.2) is 53.3 Å². The van der Waals surface area contributed by atoms with E-state index < -0.39 is 5.41 Å². The molecule has 0 radical (unpaired) electrons. The molecule has 6 rings (SSSR count). The molecular formula is C34H52N2O4. The number of nitrogens with zero attached hydrogens (tertiary/aromatic N) is 1. The number of hydrogen-bond donors (Lipinski definition) is 2. The van der Waals surface area contributed by atoms with Crippen molar-refractivity contribution in [3.63, 3.8) is 0 Å². The molecule has 2 amide bonds. The number of rotatable bonds is 2. The quantitative estimate of drug-likeness (QED) is 0.488. The number of hydrogen-bond acceptors (Lipinski definition) is 4. The van der Waals surface area contributed by atoms with Gasteiger partial charge in [-0.3, -0.25) is 14.4 Å². The van der Waals surface area contributed by atoms with Crippen LogP contribution < -0.4 is 5.32 Å². The molecule has 2 N–H and O–H groups in total. The van der Waals surface area contributed by atoms with Crippen LogP contribution >= 0.6 is 0 Å². The number of piperazine rings is 1. The van der Waals surface area contributed by atoms with E-state index in [9.17, 15) is 19.5 Å². The summed E-state index contributed by atoms with van der Waals surface area (Å²) in [5.41, 5.74) is 1.55. The fourth-order valence-electron chi connectivity index (χ4n) is 12.0. The van der Waals surface area contributed by atoms with Crippen molar-refractivity contribution in [2.45, 2.75) is 112 Å². The third-order valence-corrected chi connectivity index (χ3v) is 14.1. The molecule has 1 heterocycles. The van der Waals surface area contributed by atoms with Crippen LogP contribution in [0.25, 0.3) is 0 Å². The van der Waals surface area contributed by atoms with Crippen LogP contribution in [0.5, 0.6) is 0 Å². The molecule has 0 spiro atoms. The summed E-state index contributed by atoms with van der Waals surface area (Å²) in [5.74, 6) is 1.47. The van der Waals surface area contributed by atoms with Crippen molar-refractivity contribution in [1.82, 2.24) is 10.2 Å². The predicted molar refractivity (Wildman–Crippen MR) is 155 cm³/mol. The number of amides is 2. The topological polar surface area (TPSA) is 86.7 Å². The second-order valence-electron chi connectivity index (χ2n) is 16.2. The zero-order valence-electron chi connectivity index (χ0n) is 26.0. The van der Waals surface area contributed by atoms with Gasteiger partial charge in [0, 0.05) is 19.5 Å². The van der Waals surface area contributed by atoms with Crippen LogP contribution in [-0.2, 0) is 14.4 Å². The van der Waals surface area contributed by atoms with Crippen LogP contribution in [0.15, 0.2) is 11.1 Å². The van der Waals surface area contributed by atoms with E-state index in [2.05, 4.69) is 53.8 Å². The van der Waals surface area contributed by atoms with E-state index in [-0.39, 0.29) is 70.2 Å². The molecule has 0 aromatic rings. The lowest BCUT2D eigenvalue weighted by Gasteiger charge is -2.72. The Kier molecular flexibility index (Phi) is 6.33. The average Bonchev–Trinajstić information content (AvgIpc) is 3.19. The summed E-state index contributed by atoms with van der Waals surface area (Å²) >= 11 is 0. The summed E-state index contributed by atoms with van der Waals surface area (Å²) in [6, 6.07) is 0. The molecule has 0 aromatic heterocycles. The van der Waals surface area contributed by atoms with Crippen molar-refractivity contribution in [2.24, 2.45) is 50.7 Å². The van der Waals surface area contributed by atoms with Gasteiger partial charge in [-0.2, -0.15) is 0 Å². The van der Waals surface area contributed by atoms with Crippen molar-refractivity contribution in [3.8, 4) is 0 Å².